The van der Waals surface area contributed by atoms with Crippen LogP contribution in [0.15, 0.2) is 54.7 Å². The summed E-state index contributed by atoms with van der Waals surface area (Å²) >= 11 is 0. The Morgan fingerprint density at radius 1 is 0.898 bits per heavy atom. The predicted molar refractivity (Wildman–Crippen MR) is 187 cm³/mol. The molecule has 3 aromatic rings. The highest BCUT2D eigenvalue weighted by molar-refractivity contribution is 5.91. The third kappa shape index (κ3) is 12.0. The standard InChI is InChI=1S/C37H52F2N6O4/c1-23(2)30(44-35(48)49-37(7,8)9)34(47)42-24(3)33(46)41-19-13-18-40-31(36(4,5)6)32-43-29(27-20-26(38)16-17-28(27)39)22-45(32)21-25-14-11-10-12-15-25/h10-12,14-17,20,22-24,30-31,40H,13,18-19,21H2,1-9H3,(H,41,46)(H,42,47)(H,44,48)/t24-,30-,31-/m0/s1. The molecule has 0 saturated heterocycles. The summed E-state index contributed by atoms with van der Waals surface area (Å²) in [5.41, 5.74) is 0.420. The molecule has 0 aliphatic carbocycles. The molecule has 0 radical (unpaired) electrons. The number of nitrogens with one attached hydrogen (secondary N) is 4. The molecular weight excluding hydrogens is 630 g/mol. The minimum atomic E-state index is -0.879. The van der Waals surface area contributed by atoms with E-state index >= 15 is 0 Å². The number of hydrogen-bond donors (Lipinski definition) is 4. The fraction of sp³-hybridized carbons (Fsp3) is 0.514. The first kappa shape index (κ1) is 39.1. The number of imidazole rings is 1. The van der Waals surface area contributed by atoms with E-state index in [0.29, 0.717) is 37.6 Å². The van der Waals surface area contributed by atoms with Crippen molar-refractivity contribution in [3.05, 3.63) is 77.8 Å². The summed E-state index contributed by atoms with van der Waals surface area (Å²) < 4.78 is 36.2. The van der Waals surface area contributed by atoms with Gasteiger partial charge in [-0.1, -0.05) is 65.0 Å². The predicted octanol–water partition coefficient (Wildman–Crippen LogP) is 6.11. The second-order valence-corrected chi connectivity index (χ2v) is 14.7. The molecule has 268 valence electrons. The van der Waals surface area contributed by atoms with Crippen LogP contribution in [0.1, 0.15) is 86.2 Å². The number of hydrogen-bond acceptors (Lipinski definition) is 6. The number of aromatic nitrogens is 2. The molecule has 49 heavy (non-hydrogen) atoms. The Bertz CT molecular complexity index is 1560. The van der Waals surface area contributed by atoms with Crippen LogP contribution in [0.2, 0.25) is 0 Å². The second kappa shape index (κ2) is 16.9. The van der Waals surface area contributed by atoms with Gasteiger partial charge in [0, 0.05) is 24.8 Å². The van der Waals surface area contributed by atoms with Gasteiger partial charge in [0.05, 0.1) is 11.7 Å². The summed E-state index contributed by atoms with van der Waals surface area (Å²) in [6, 6.07) is 11.2. The Labute approximate surface area is 288 Å². The molecule has 0 bridgehead atoms. The molecular formula is C37H52F2N6O4. The van der Waals surface area contributed by atoms with Crippen molar-refractivity contribution in [2.45, 2.75) is 99.0 Å². The first-order valence-corrected chi connectivity index (χ1v) is 16.7. The van der Waals surface area contributed by atoms with Crippen LogP contribution in [0.4, 0.5) is 13.6 Å². The lowest BCUT2D eigenvalue weighted by Crippen LogP contribution is -2.55. The van der Waals surface area contributed by atoms with Crippen LogP contribution in [0, 0.1) is 23.0 Å². The van der Waals surface area contributed by atoms with E-state index in [1.54, 1.807) is 47.7 Å². The summed E-state index contributed by atoms with van der Waals surface area (Å²) in [6.07, 6.45) is 1.61. The second-order valence-electron chi connectivity index (χ2n) is 14.7. The van der Waals surface area contributed by atoms with Crippen LogP contribution in [-0.2, 0) is 20.9 Å². The zero-order valence-electron chi connectivity index (χ0n) is 30.1. The van der Waals surface area contributed by atoms with Crippen molar-refractivity contribution in [2.75, 3.05) is 13.1 Å². The van der Waals surface area contributed by atoms with Crippen molar-refractivity contribution in [3.8, 4) is 11.3 Å². The first-order chi connectivity index (χ1) is 22.9. The Hall–Kier alpha value is -4.32. The monoisotopic (exact) mass is 682 g/mol. The molecule has 3 amide bonds. The molecule has 3 rings (SSSR count). The van der Waals surface area contributed by atoms with E-state index < -0.39 is 41.3 Å². The maximum atomic E-state index is 14.8. The molecule has 12 heteroatoms. The first-order valence-electron chi connectivity index (χ1n) is 16.7. The van der Waals surface area contributed by atoms with Crippen molar-refractivity contribution in [3.63, 3.8) is 0 Å². The number of benzene rings is 2. The van der Waals surface area contributed by atoms with Gasteiger partial charge in [0.2, 0.25) is 11.8 Å². The molecule has 0 fully saturated rings. The highest BCUT2D eigenvalue weighted by atomic mass is 19.1. The molecule has 1 aromatic heterocycles. The Balaban J connectivity index is 1.65. The number of nitrogens with zero attached hydrogens (tertiary/aromatic N) is 2. The number of rotatable bonds is 14. The SMILES string of the molecule is CC(C)[C@H](NC(=O)OC(C)(C)C)C(=O)N[C@@H](C)C(=O)NCCCN[C@@H](c1nc(-c2cc(F)ccc2F)cn1Cc1ccccc1)C(C)(C)C. The third-order valence-electron chi connectivity index (χ3n) is 7.71. The zero-order chi connectivity index (χ0) is 36.5. The van der Waals surface area contributed by atoms with Crippen molar-refractivity contribution in [1.29, 1.82) is 0 Å². The van der Waals surface area contributed by atoms with E-state index in [2.05, 4.69) is 42.0 Å². The van der Waals surface area contributed by atoms with Gasteiger partial charge in [0.25, 0.3) is 0 Å². The van der Waals surface area contributed by atoms with E-state index in [-0.39, 0.29) is 28.8 Å². The summed E-state index contributed by atoms with van der Waals surface area (Å²) in [5.74, 6) is -1.51. The number of carbonyl (C=O) groups excluding carboxylic acids is 3. The molecule has 3 atom stereocenters. The van der Waals surface area contributed by atoms with E-state index in [1.165, 1.54) is 0 Å². The lowest BCUT2D eigenvalue weighted by atomic mass is 9.86. The minimum absolute atomic E-state index is 0.0879. The minimum Gasteiger partial charge on any atom is -0.444 e. The number of ether oxygens (including phenoxy) is 1. The number of carbonyl (C=O) groups is 3. The van der Waals surface area contributed by atoms with E-state index in [0.717, 1.165) is 23.8 Å². The largest absolute Gasteiger partial charge is 0.444 e. The maximum Gasteiger partial charge on any atom is 0.408 e. The van der Waals surface area contributed by atoms with E-state index in [9.17, 15) is 23.2 Å². The van der Waals surface area contributed by atoms with E-state index in [4.69, 9.17) is 9.72 Å². The molecule has 10 nitrogen and oxygen atoms in total. The summed E-state index contributed by atoms with van der Waals surface area (Å²) in [6.45, 7) is 17.9. The Kier molecular flexibility index (Phi) is 13.5. The highest BCUT2D eigenvalue weighted by Crippen LogP contribution is 2.35. The topological polar surface area (TPSA) is 126 Å². The van der Waals surface area contributed by atoms with Gasteiger partial charge in [-0.15, -0.1) is 0 Å². The van der Waals surface area contributed by atoms with Gasteiger partial charge in [-0.05, 0) is 75.8 Å². The molecule has 2 aromatic carbocycles. The van der Waals surface area contributed by atoms with Crippen LogP contribution in [0.3, 0.4) is 0 Å². The van der Waals surface area contributed by atoms with Crippen molar-refractivity contribution < 1.29 is 27.9 Å². The van der Waals surface area contributed by atoms with Crippen LogP contribution >= 0.6 is 0 Å². The maximum absolute atomic E-state index is 14.8. The Morgan fingerprint density at radius 2 is 1.57 bits per heavy atom. The third-order valence-corrected chi connectivity index (χ3v) is 7.71. The molecule has 0 aliphatic rings. The average Bonchev–Trinajstić information content (AvgIpc) is 3.39. The number of halogens is 2. The lowest BCUT2D eigenvalue weighted by Gasteiger charge is -2.32. The molecule has 4 N–H and O–H groups in total. The number of alkyl carbamates (subject to hydrolysis) is 1. The normalized spacial score (nSPS) is 13.8. The van der Waals surface area contributed by atoms with Crippen LogP contribution in [0.5, 0.6) is 0 Å². The van der Waals surface area contributed by atoms with Crippen LogP contribution in [0.25, 0.3) is 11.3 Å². The summed E-state index contributed by atoms with van der Waals surface area (Å²) in [4.78, 5) is 42.9. The molecule has 1 heterocycles. The molecule has 0 unspecified atom stereocenters. The van der Waals surface area contributed by atoms with Gasteiger partial charge in [0.15, 0.2) is 0 Å². The van der Waals surface area contributed by atoms with Gasteiger partial charge >= 0.3 is 6.09 Å². The molecule has 0 saturated carbocycles. The van der Waals surface area contributed by atoms with Crippen LogP contribution in [-0.4, -0.2) is 58.2 Å². The van der Waals surface area contributed by atoms with Crippen LogP contribution < -0.4 is 21.3 Å². The van der Waals surface area contributed by atoms with Gasteiger partial charge < -0.3 is 30.6 Å². The summed E-state index contributed by atoms with van der Waals surface area (Å²) in [5, 5.41) is 11.7. The fourth-order valence-corrected chi connectivity index (χ4v) is 5.21. The van der Waals surface area contributed by atoms with E-state index in [1.807, 2.05) is 34.9 Å². The molecule has 0 aliphatic heterocycles. The quantitative estimate of drug-likeness (QED) is 0.152. The van der Waals surface area contributed by atoms with Gasteiger partial charge in [0.1, 0.15) is 35.1 Å². The zero-order valence-corrected chi connectivity index (χ0v) is 30.1. The lowest BCUT2D eigenvalue weighted by molar-refractivity contribution is -0.130. The van der Waals surface area contributed by atoms with Gasteiger partial charge in [-0.3, -0.25) is 9.59 Å². The van der Waals surface area contributed by atoms with Gasteiger partial charge in [-0.25, -0.2) is 18.6 Å². The van der Waals surface area contributed by atoms with Crippen molar-refractivity contribution in [1.82, 2.24) is 30.8 Å². The molecule has 0 spiro atoms. The average molecular weight is 683 g/mol. The smallest absolute Gasteiger partial charge is 0.408 e. The van der Waals surface area contributed by atoms with Crippen molar-refractivity contribution >= 4 is 17.9 Å². The highest BCUT2D eigenvalue weighted by Gasteiger charge is 2.32. The Morgan fingerprint density at radius 3 is 2.18 bits per heavy atom. The summed E-state index contributed by atoms with van der Waals surface area (Å²) in [7, 11) is 0. The van der Waals surface area contributed by atoms with Gasteiger partial charge in [-0.2, -0.15) is 0 Å². The number of amides is 3. The van der Waals surface area contributed by atoms with Crippen molar-refractivity contribution in [2.24, 2.45) is 11.3 Å². The fourth-order valence-electron chi connectivity index (χ4n) is 5.21.